The zero-order chi connectivity index (χ0) is 26.2. The maximum atomic E-state index is 5.91. The van der Waals surface area contributed by atoms with Gasteiger partial charge in [0, 0.05) is 31.9 Å². The van der Waals surface area contributed by atoms with Gasteiger partial charge in [-0.05, 0) is 62.9 Å². The molecule has 0 unspecified atom stereocenters. The van der Waals surface area contributed by atoms with Crippen molar-refractivity contribution >= 4 is 5.69 Å². The van der Waals surface area contributed by atoms with E-state index in [0.29, 0.717) is 0 Å². The molecule has 212 valence electrons. The maximum absolute atomic E-state index is 5.91. The van der Waals surface area contributed by atoms with E-state index < -0.39 is 0 Å². The number of unbranched alkanes of at least 4 members (excludes halogenated alkanes) is 17. The van der Waals surface area contributed by atoms with Gasteiger partial charge in [-0.1, -0.05) is 103 Å². The molecule has 2 rings (SSSR count). The summed E-state index contributed by atoms with van der Waals surface area (Å²) in [6.07, 6.45) is 28.3. The molecular formula is C34H60N2O. The van der Waals surface area contributed by atoms with Crippen molar-refractivity contribution in [3.05, 3.63) is 36.9 Å². The van der Waals surface area contributed by atoms with Crippen LogP contribution in [0.2, 0.25) is 0 Å². The molecular weight excluding hydrogens is 452 g/mol. The highest BCUT2D eigenvalue weighted by molar-refractivity contribution is 5.49. The molecule has 0 saturated carbocycles. The first-order chi connectivity index (χ1) is 18.3. The Morgan fingerprint density at radius 1 is 0.649 bits per heavy atom. The fourth-order valence-corrected chi connectivity index (χ4v) is 5.45. The number of hydrogen-bond donors (Lipinski definition) is 0. The van der Waals surface area contributed by atoms with Gasteiger partial charge in [0.2, 0.25) is 0 Å². The van der Waals surface area contributed by atoms with Crippen molar-refractivity contribution < 1.29 is 4.74 Å². The molecule has 0 aliphatic carbocycles. The summed E-state index contributed by atoms with van der Waals surface area (Å²) in [6, 6.07) is 8.75. The Labute approximate surface area is 231 Å². The highest BCUT2D eigenvalue weighted by Crippen LogP contribution is 2.21. The number of hydrogen-bond acceptors (Lipinski definition) is 3. The molecule has 1 aliphatic rings. The molecule has 0 spiro atoms. The number of ether oxygens (including phenoxy) is 1. The van der Waals surface area contributed by atoms with Crippen molar-refractivity contribution in [1.29, 1.82) is 0 Å². The number of allylic oxidation sites excluding steroid dienone is 1. The summed E-state index contributed by atoms with van der Waals surface area (Å²) >= 11 is 0. The summed E-state index contributed by atoms with van der Waals surface area (Å²) in [5.41, 5.74) is 1.34. The van der Waals surface area contributed by atoms with Crippen LogP contribution < -0.4 is 9.64 Å². The van der Waals surface area contributed by atoms with Gasteiger partial charge in [-0.3, -0.25) is 4.90 Å². The smallest absolute Gasteiger partial charge is 0.119 e. The molecule has 1 aliphatic heterocycles. The largest absolute Gasteiger partial charge is 0.494 e. The van der Waals surface area contributed by atoms with E-state index >= 15 is 0 Å². The van der Waals surface area contributed by atoms with Crippen LogP contribution in [-0.4, -0.2) is 44.2 Å². The lowest BCUT2D eigenvalue weighted by Gasteiger charge is -2.36. The highest BCUT2D eigenvalue weighted by Gasteiger charge is 2.16. The van der Waals surface area contributed by atoms with Crippen LogP contribution in [0.25, 0.3) is 0 Å². The van der Waals surface area contributed by atoms with E-state index in [1.54, 1.807) is 0 Å². The fraction of sp³-hybridized carbons (Fsp3) is 0.765. The SMILES string of the molecule is C=CCCCCCOc1ccc(N2CCN(CCCCCCCCCCCCCCCCC)CC2)cc1. The van der Waals surface area contributed by atoms with Crippen molar-refractivity contribution in [2.24, 2.45) is 0 Å². The Morgan fingerprint density at radius 2 is 1.16 bits per heavy atom. The Morgan fingerprint density at radius 3 is 1.70 bits per heavy atom. The van der Waals surface area contributed by atoms with Gasteiger partial charge < -0.3 is 9.64 Å². The van der Waals surface area contributed by atoms with E-state index in [2.05, 4.69) is 47.6 Å². The molecule has 37 heavy (non-hydrogen) atoms. The van der Waals surface area contributed by atoms with Gasteiger partial charge in [0.05, 0.1) is 6.61 Å². The molecule has 1 aromatic rings. The molecule has 1 aromatic carbocycles. The summed E-state index contributed by atoms with van der Waals surface area (Å²) in [4.78, 5) is 5.20. The number of benzene rings is 1. The predicted octanol–water partition coefficient (Wildman–Crippen LogP) is 9.81. The first-order valence-electron chi connectivity index (χ1n) is 16.1. The molecule has 0 N–H and O–H groups in total. The quantitative estimate of drug-likeness (QED) is 0.101. The van der Waals surface area contributed by atoms with Gasteiger partial charge in [0.25, 0.3) is 0 Å². The van der Waals surface area contributed by atoms with Gasteiger partial charge >= 0.3 is 0 Å². The number of piperazine rings is 1. The van der Waals surface area contributed by atoms with Gasteiger partial charge in [-0.2, -0.15) is 0 Å². The van der Waals surface area contributed by atoms with Gasteiger partial charge in [0.1, 0.15) is 5.75 Å². The number of anilines is 1. The molecule has 0 aromatic heterocycles. The molecule has 1 saturated heterocycles. The molecule has 0 atom stereocenters. The first kappa shape index (κ1) is 31.7. The van der Waals surface area contributed by atoms with E-state index in [4.69, 9.17) is 4.74 Å². The van der Waals surface area contributed by atoms with Crippen LogP contribution in [0.1, 0.15) is 129 Å². The summed E-state index contributed by atoms with van der Waals surface area (Å²) < 4.78 is 5.91. The van der Waals surface area contributed by atoms with Gasteiger partial charge in [0.15, 0.2) is 0 Å². The van der Waals surface area contributed by atoms with Crippen molar-refractivity contribution in [3.63, 3.8) is 0 Å². The Bertz CT molecular complexity index is 636. The van der Waals surface area contributed by atoms with Crippen LogP contribution >= 0.6 is 0 Å². The maximum Gasteiger partial charge on any atom is 0.119 e. The molecule has 0 amide bonds. The average Bonchev–Trinajstić information content (AvgIpc) is 2.93. The third-order valence-corrected chi connectivity index (χ3v) is 7.97. The second kappa shape index (κ2) is 22.5. The van der Waals surface area contributed by atoms with E-state index in [1.165, 1.54) is 134 Å². The van der Waals surface area contributed by atoms with Gasteiger partial charge in [-0.25, -0.2) is 0 Å². The topological polar surface area (TPSA) is 15.7 Å². The minimum atomic E-state index is 0.814. The van der Waals surface area contributed by atoms with Crippen LogP contribution in [0.3, 0.4) is 0 Å². The Hall–Kier alpha value is -1.48. The minimum Gasteiger partial charge on any atom is -0.494 e. The third kappa shape index (κ3) is 16.2. The third-order valence-electron chi connectivity index (χ3n) is 7.97. The Kier molecular flexibility index (Phi) is 19.3. The highest BCUT2D eigenvalue weighted by atomic mass is 16.5. The summed E-state index contributed by atoms with van der Waals surface area (Å²) in [7, 11) is 0. The molecule has 0 radical (unpaired) electrons. The fourth-order valence-electron chi connectivity index (χ4n) is 5.45. The van der Waals surface area contributed by atoms with Crippen molar-refractivity contribution in [3.8, 4) is 5.75 Å². The zero-order valence-electron chi connectivity index (χ0n) is 24.6. The summed E-state index contributed by atoms with van der Waals surface area (Å²) in [6.45, 7) is 12.9. The molecule has 1 heterocycles. The second-order valence-corrected chi connectivity index (χ2v) is 11.3. The normalized spacial score (nSPS) is 14.2. The van der Waals surface area contributed by atoms with Crippen molar-refractivity contribution in [1.82, 2.24) is 4.90 Å². The average molecular weight is 513 g/mol. The summed E-state index contributed by atoms with van der Waals surface area (Å²) in [5, 5.41) is 0. The lowest BCUT2D eigenvalue weighted by Crippen LogP contribution is -2.46. The zero-order valence-corrected chi connectivity index (χ0v) is 24.6. The van der Waals surface area contributed by atoms with E-state index in [1.807, 2.05) is 6.08 Å². The Balaban J connectivity index is 1.39. The predicted molar refractivity (Wildman–Crippen MR) is 164 cm³/mol. The second-order valence-electron chi connectivity index (χ2n) is 11.3. The lowest BCUT2D eigenvalue weighted by molar-refractivity contribution is 0.252. The summed E-state index contributed by atoms with van der Waals surface area (Å²) in [5.74, 6) is 0.999. The first-order valence-corrected chi connectivity index (χ1v) is 16.1. The van der Waals surface area contributed by atoms with Crippen LogP contribution in [0, 0.1) is 0 Å². The van der Waals surface area contributed by atoms with E-state index in [0.717, 1.165) is 38.3 Å². The molecule has 1 fully saturated rings. The van der Waals surface area contributed by atoms with Gasteiger partial charge in [-0.15, -0.1) is 6.58 Å². The molecule has 0 bridgehead atoms. The van der Waals surface area contributed by atoms with Crippen LogP contribution in [0.15, 0.2) is 36.9 Å². The van der Waals surface area contributed by atoms with Crippen molar-refractivity contribution in [2.45, 2.75) is 129 Å². The monoisotopic (exact) mass is 512 g/mol. The van der Waals surface area contributed by atoms with Crippen molar-refractivity contribution in [2.75, 3.05) is 44.2 Å². The standard InChI is InChI=1S/C34H60N2O/c1-3-5-7-9-10-11-12-13-14-15-16-17-18-19-21-27-35-28-30-36(31-29-35)33-23-25-34(26-24-33)37-32-22-20-8-6-4-2/h4,23-26H,2-3,5-22,27-32H2,1H3. The van der Waals surface area contributed by atoms with Crippen LogP contribution in [-0.2, 0) is 0 Å². The van der Waals surface area contributed by atoms with E-state index in [-0.39, 0.29) is 0 Å². The lowest BCUT2D eigenvalue weighted by atomic mass is 10.0. The van der Waals surface area contributed by atoms with Crippen LogP contribution in [0.5, 0.6) is 5.75 Å². The van der Waals surface area contributed by atoms with E-state index in [9.17, 15) is 0 Å². The van der Waals surface area contributed by atoms with Crippen LogP contribution in [0.4, 0.5) is 5.69 Å². The number of rotatable bonds is 24. The molecule has 3 nitrogen and oxygen atoms in total. The number of nitrogens with zero attached hydrogens (tertiary/aromatic N) is 2. The molecule has 3 heteroatoms. The minimum absolute atomic E-state index is 0.814.